The smallest absolute Gasteiger partial charge is 0.107 e. The van der Waals surface area contributed by atoms with E-state index in [0.717, 1.165) is 17.0 Å². The maximum Gasteiger partial charge on any atom is 0.107 e. The van der Waals surface area contributed by atoms with Crippen molar-refractivity contribution >= 4 is 34.9 Å². The van der Waals surface area contributed by atoms with Crippen LogP contribution in [-0.4, -0.2) is 27.3 Å². The summed E-state index contributed by atoms with van der Waals surface area (Å²) in [5.74, 6) is 1.72. The number of thiazole rings is 1. The molecular weight excluding hydrogens is 316 g/mol. The zero-order chi connectivity index (χ0) is 15.6. The lowest BCUT2D eigenvalue weighted by molar-refractivity contribution is 0.588. The Morgan fingerprint density at radius 2 is 1.90 bits per heavy atom. The summed E-state index contributed by atoms with van der Waals surface area (Å²) in [5.41, 5.74) is 1.31. The monoisotopic (exact) mass is 344 g/mol. The first-order chi connectivity index (χ1) is 9.88. The Morgan fingerprint density at radius 1 is 1.19 bits per heavy atom. The highest BCUT2D eigenvalue weighted by Gasteiger charge is 2.29. The number of hydrogen-bond acceptors (Lipinski definition) is 5. The molecular formula is C16H28N2S3. The highest BCUT2D eigenvalue weighted by Crippen LogP contribution is 2.46. The third-order valence-corrected chi connectivity index (χ3v) is 8.52. The third kappa shape index (κ3) is 4.63. The molecule has 0 aliphatic carbocycles. The zero-order valence-corrected chi connectivity index (χ0v) is 16.4. The zero-order valence-electron chi connectivity index (χ0n) is 14.0. The van der Waals surface area contributed by atoms with Gasteiger partial charge in [0, 0.05) is 33.7 Å². The van der Waals surface area contributed by atoms with Gasteiger partial charge in [0.15, 0.2) is 0 Å². The molecule has 2 nitrogen and oxygen atoms in total. The first-order valence-electron chi connectivity index (χ1n) is 7.88. The molecule has 2 heterocycles. The summed E-state index contributed by atoms with van der Waals surface area (Å²) in [5, 5.41) is 6.95. The molecule has 0 amide bonds. The van der Waals surface area contributed by atoms with E-state index in [9.17, 15) is 0 Å². The maximum absolute atomic E-state index is 5.02. The predicted octanol–water partition coefficient (Wildman–Crippen LogP) is 5.06. The van der Waals surface area contributed by atoms with Gasteiger partial charge in [-0.25, -0.2) is 4.98 Å². The molecule has 5 heteroatoms. The summed E-state index contributed by atoms with van der Waals surface area (Å²) < 4.78 is 0. The van der Waals surface area contributed by atoms with Crippen LogP contribution in [0.2, 0.25) is 0 Å². The normalized spacial score (nSPS) is 26.8. The number of nitrogens with zero attached hydrogens (tertiary/aromatic N) is 1. The van der Waals surface area contributed by atoms with Gasteiger partial charge in [-0.2, -0.15) is 11.8 Å². The molecule has 120 valence electrons. The Hall–Kier alpha value is 0.290. The summed E-state index contributed by atoms with van der Waals surface area (Å²) in [6.45, 7) is 14.6. The molecule has 1 aromatic heterocycles. The van der Waals surface area contributed by atoms with Crippen LogP contribution in [-0.2, 0) is 6.54 Å². The van der Waals surface area contributed by atoms with Gasteiger partial charge in [-0.3, -0.25) is 0 Å². The Kier molecular flexibility index (Phi) is 6.48. The van der Waals surface area contributed by atoms with Crippen LogP contribution in [0.15, 0.2) is 0 Å². The van der Waals surface area contributed by atoms with Crippen molar-refractivity contribution in [3.8, 4) is 0 Å². The standard InChI is InChI=1S/C16H28N2S3/c1-9(2)15-13(7-17-10(3)4)21-16(18-15)14-8-19-11(5)12(6)20-14/h9-12,14,17H,7-8H2,1-6H3. The molecule has 0 spiro atoms. The van der Waals surface area contributed by atoms with Crippen molar-refractivity contribution in [1.82, 2.24) is 10.3 Å². The van der Waals surface area contributed by atoms with Crippen molar-refractivity contribution in [2.45, 2.75) is 75.8 Å². The highest BCUT2D eigenvalue weighted by atomic mass is 32.2. The van der Waals surface area contributed by atoms with Gasteiger partial charge in [-0.15, -0.1) is 23.1 Å². The molecule has 0 saturated carbocycles. The number of nitrogens with one attached hydrogen (secondary N) is 1. The van der Waals surface area contributed by atoms with Gasteiger partial charge in [-0.05, 0) is 5.92 Å². The maximum atomic E-state index is 5.02. The number of thioether (sulfide) groups is 2. The molecule has 0 bridgehead atoms. The lowest BCUT2D eigenvalue weighted by Crippen LogP contribution is -2.22. The Bertz CT molecular complexity index is 456. The van der Waals surface area contributed by atoms with Crippen molar-refractivity contribution < 1.29 is 0 Å². The quantitative estimate of drug-likeness (QED) is 0.807. The Morgan fingerprint density at radius 3 is 2.48 bits per heavy atom. The lowest BCUT2D eigenvalue weighted by atomic mass is 10.1. The molecule has 1 aliphatic rings. The summed E-state index contributed by atoms with van der Waals surface area (Å²) in [6.07, 6.45) is 0. The van der Waals surface area contributed by atoms with E-state index in [-0.39, 0.29) is 0 Å². The predicted molar refractivity (Wildman–Crippen MR) is 99.9 cm³/mol. The second kappa shape index (κ2) is 7.71. The van der Waals surface area contributed by atoms with E-state index in [0.29, 0.717) is 17.2 Å². The van der Waals surface area contributed by atoms with E-state index >= 15 is 0 Å². The number of rotatable bonds is 5. The molecule has 1 saturated heterocycles. The van der Waals surface area contributed by atoms with Crippen molar-refractivity contribution in [1.29, 1.82) is 0 Å². The second-order valence-electron chi connectivity index (χ2n) is 6.42. The van der Waals surface area contributed by atoms with Gasteiger partial charge in [0.05, 0.1) is 10.9 Å². The minimum Gasteiger partial charge on any atom is -0.310 e. The summed E-state index contributed by atoms with van der Waals surface area (Å²) in [7, 11) is 0. The summed E-state index contributed by atoms with van der Waals surface area (Å²) in [4.78, 5) is 6.45. The van der Waals surface area contributed by atoms with E-state index in [1.54, 1.807) is 0 Å². The molecule has 1 aromatic rings. The van der Waals surface area contributed by atoms with Crippen molar-refractivity contribution in [3.05, 3.63) is 15.6 Å². The molecule has 1 aliphatic heterocycles. The average Bonchev–Trinajstić information content (AvgIpc) is 2.84. The van der Waals surface area contributed by atoms with Crippen LogP contribution < -0.4 is 5.32 Å². The van der Waals surface area contributed by atoms with Gasteiger partial charge in [-0.1, -0.05) is 41.5 Å². The fraction of sp³-hybridized carbons (Fsp3) is 0.812. The van der Waals surface area contributed by atoms with Crippen LogP contribution in [0.1, 0.15) is 68.3 Å². The number of aromatic nitrogens is 1. The minimum atomic E-state index is 0.511. The van der Waals surface area contributed by atoms with Crippen LogP contribution in [0.3, 0.4) is 0 Å². The SMILES string of the molecule is CC(C)NCc1sc(C2CSC(C)C(C)S2)nc1C(C)C. The van der Waals surface area contributed by atoms with Gasteiger partial charge in [0.25, 0.3) is 0 Å². The van der Waals surface area contributed by atoms with Crippen molar-refractivity contribution in [2.75, 3.05) is 5.75 Å². The first-order valence-corrected chi connectivity index (χ1v) is 10.7. The molecule has 0 radical (unpaired) electrons. The van der Waals surface area contributed by atoms with Crippen molar-refractivity contribution in [3.63, 3.8) is 0 Å². The molecule has 21 heavy (non-hydrogen) atoms. The van der Waals surface area contributed by atoms with E-state index in [1.165, 1.54) is 21.3 Å². The highest BCUT2D eigenvalue weighted by molar-refractivity contribution is 8.07. The van der Waals surface area contributed by atoms with Crippen LogP contribution in [0.25, 0.3) is 0 Å². The minimum absolute atomic E-state index is 0.511. The van der Waals surface area contributed by atoms with E-state index < -0.39 is 0 Å². The van der Waals surface area contributed by atoms with Crippen molar-refractivity contribution in [2.24, 2.45) is 0 Å². The average molecular weight is 345 g/mol. The van der Waals surface area contributed by atoms with Crippen LogP contribution >= 0.6 is 34.9 Å². The second-order valence-corrected chi connectivity index (χ2v) is 10.5. The van der Waals surface area contributed by atoms with Gasteiger partial charge in [0.2, 0.25) is 0 Å². The Balaban J connectivity index is 2.15. The molecule has 0 aromatic carbocycles. The van der Waals surface area contributed by atoms with Gasteiger partial charge < -0.3 is 5.32 Å². The fourth-order valence-corrected chi connectivity index (χ4v) is 6.67. The summed E-state index contributed by atoms with van der Waals surface area (Å²) >= 11 is 6.15. The van der Waals surface area contributed by atoms with Crippen LogP contribution in [0, 0.1) is 0 Å². The topological polar surface area (TPSA) is 24.9 Å². The van der Waals surface area contributed by atoms with E-state index in [4.69, 9.17) is 4.98 Å². The van der Waals surface area contributed by atoms with Gasteiger partial charge >= 0.3 is 0 Å². The largest absolute Gasteiger partial charge is 0.310 e. The van der Waals surface area contributed by atoms with Crippen LogP contribution in [0.4, 0.5) is 0 Å². The molecule has 3 atom stereocenters. The van der Waals surface area contributed by atoms with E-state index in [2.05, 4.69) is 70.4 Å². The third-order valence-electron chi connectivity index (χ3n) is 3.79. The van der Waals surface area contributed by atoms with Gasteiger partial charge in [0.1, 0.15) is 5.01 Å². The molecule has 2 rings (SSSR count). The number of hydrogen-bond donors (Lipinski definition) is 1. The summed E-state index contributed by atoms with van der Waals surface area (Å²) in [6, 6.07) is 0.524. The van der Waals surface area contributed by atoms with E-state index in [1.807, 2.05) is 11.3 Å². The molecule has 1 N–H and O–H groups in total. The fourth-order valence-electron chi connectivity index (χ4n) is 2.31. The Labute approximate surface area is 142 Å². The lowest BCUT2D eigenvalue weighted by Gasteiger charge is -2.30. The van der Waals surface area contributed by atoms with Crippen LogP contribution in [0.5, 0.6) is 0 Å². The molecule has 1 fully saturated rings. The molecule has 3 unspecified atom stereocenters. The first kappa shape index (κ1) is 17.6.